The van der Waals surface area contributed by atoms with Crippen molar-refractivity contribution in [3.63, 3.8) is 0 Å². The Hall–Kier alpha value is -3.74. The third-order valence-electron chi connectivity index (χ3n) is 5.63. The molecule has 1 saturated heterocycles. The summed E-state index contributed by atoms with van der Waals surface area (Å²) in [5.74, 6) is -2.68. The molecular formula is C23H20N2O5. The van der Waals surface area contributed by atoms with E-state index in [9.17, 15) is 19.2 Å². The van der Waals surface area contributed by atoms with Crippen LogP contribution in [0.4, 0.5) is 11.4 Å². The van der Waals surface area contributed by atoms with E-state index >= 15 is 0 Å². The van der Waals surface area contributed by atoms with Gasteiger partial charge in [-0.05, 0) is 54.8 Å². The Bertz CT molecular complexity index is 1070. The van der Waals surface area contributed by atoms with Crippen molar-refractivity contribution in [1.29, 1.82) is 0 Å². The highest BCUT2D eigenvalue weighted by molar-refractivity contribution is 6.22. The Balaban J connectivity index is 1.55. The van der Waals surface area contributed by atoms with Crippen LogP contribution < -0.4 is 10.2 Å². The number of hydrogen-bond donors (Lipinski definition) is 2. The van der Waals surface area contributed by atoms with Crippen LogP contribution in [0.15, 0.2) is 60.7 Å². The van der Waals surface area contributed by atoms with E-state index in [1.807, 2.05) is 19.1 Å². The number of hydrogen-bond acceptors (Lipinski definition) is 4. The van der Waals surface area contributed by atoms with Crippen LogP contribution in [0.5, 0.6) is 0 Å². The molecule has 30 heavy (non-hydrogen) atoms. The maximum Gasteiger partial charge on any atom is 0.335 e. The maximum absolute atomic E-state index is 12.9. The van der Waals surface area contributed by atoms with Crippen LogP contribution in [0.2, 0.25) is 0 Å². The minimum atomic E-state index is -1.05. The SMILES string of the molecule is C[C@@H]1C=CC[C@@H]2C(=O)N(c3cccc(C(=O)Nc4ccc(C(=O)O)cc4)c3)C(=O)[C@@H]12. The number of aromatic carboxylic acids is 1. The fraction of sp³-hybridized carbons (Fsp3) is 0.217. The summed E-state index contributed by atoms with van der Waals surface area (Å²) in [4.78, 5) is 50.6. The molecule has 0 unspecified atom stereocenters. The molecule has 2 aromatic rings. The van der Waals surface area contributed by atoms with Crippen LogP contribution >= 0.6 is 0 Å². The number of carbonyl (C=O) groups excluding carboxylic acids is 3. The minimum absolute atomic E-state index is 0.00884. The van der Waals surface area contributed by atoms with Crippen molar-refractivity contribution >= 4 is 35.1 Å². The zero-order valence-corrected chi connectivity index (χ0v) is 16.2. The number of imide groups is 1. The number of carboxylic acid groups (broad SMARTS) is 1. The lowest BCUT2D eigenvalue weighted by molar-refractivity contribution is -0.122. The summed E-state index contributed by atoms with van der Waals surface area (Å²) in [7, 11) is 0. The summed E-state index contributed by atoms with van der Waals surface area (Å²) in [5.41, 5.74) is 1.22. The first-order valence-corrected chi connectivity index (χ1v) is 9.66. The molecule has 2 N–H and O–H groups in total. The number of nitrogens with one attached hydrogen (secondary N) is 1. The second-order valence-electron chi connectivity index (χ2n) is 7.55. The number of carboxylic acids is 1. The maximum atomic E-state index is 12.9. The van der Waals surface area contributed by atoms with Crippen LogP contribution in [-0.4, -0.2) is 28.8 Å². The highest BCUT2D eigenvalue weighted by Crippen LogP contribution is 2.40. The Morgan fingerprint density at radius 2 is 1.77 bits per heavy atom. The number of allylic oxidation sites excluding steroid dienone is 2. The largest absolute Gasteiger partial charge is 0.478 e. The van der Waals surface area contributed by atoms with E-state index in [1.165, 1.54) is 35.2 Å². The van der Waals surface area contributed by atoms with E-state index in [2.05, 4.69) is 5.32 Å². The van der Waals surface area contributed by atoms with Gasteiger partial charge in [0.1, 0.15) is 0 Å². The fourth-order valence-electron chi connectivity index (χ4n) is 4.09. The molecule has 0 radical (unpaired) electrons. The second-order valence-corrected chi connectivity index (χ2v) is 7.55. The van der Waals surface area contributed by atoms with E-state index in [0.717, 1.165) is 0 Å². The summed E-state index contributed by atoms with van der Waals surface area (Å²) in [5, 5.41) is 11.6. The van der Waals surface area contributed by atoms with Crippen molar-refractivity contribution in [1.82, 2.24) is 0 Å². The number of anilines is 2. The monoisotopic (exact) mass is 404 g/mol. The lowest BCUT2D eigenvalue weighted by atomic mass is 9.78. The van der Waals surface area contributed by atoms with Gasteiger partial charge in [-0.25, -0.2) is 4.79 Å². The molecule has 2 aromatic carbocycles. The molecule has 0 bridgehead atoms. The number of benzene rings is 2. The molecule has 2 aliphatic rings. The van der Waals surface area contributed by atoms with Gasteiger partial charge < -0.3 is 10.4 Å². The Labute approximate surface area is 173 Å². The quantitative estimate of drug-likeness (QED) is 0.601. The van der Waals surface area contributed by atoms with Crippen molar-refractivity contribution in [3.8, 4) is 0 Å². The van der Waals surface area contributed by atoms with Gasteiger partial charge in [0.2, 0.25) is 11.8 Å². The van der Waals surface area contributed by atoms with E-state index in [4.69, 9.17) is 5.11 Å². The zero-order chi connectivity index (χ0) is 21.4. The molecule has 4 rings (SSSR count). The lowest BCUT2D eigenvalue weighted by Gasteiger charge is -2.22. The van der Waals surface area contributed by atoms with E-state index < -0.39 is 11.9 Å². The van der Waals surface area contributed by atoms with Crippen LogP contribution in [0, 0.1) is 17.8 Å². The fourth-order valence-corrected chi connectivity index (χ4v) is 4.09. The van der Waals surface area contributed by atoms with Gasteiger partial charge in [0.15, 0.2) is 0 Å². The van der Waals surface area contributed by atoms with Gasteiger partial charge in [0.25, 0.3) is 5.91 Å². The van der Waals surface area contributed by atoms with Crippen molar-refractivity contribution in [2.45, 2.75) is 13.3 Å². The molecule has 152 valence electrons. The zero-order valence-electron chi connectivity index (χ0n) is 16.2. The third-order valence-corrected chi connectivity index (χ3v) is 5.63. The molecule has 0 aromatic heterocycles. The molecule has 1 fully saturated rings. The van der Waals surface area contributed by atoms with E-state index in [1.54, 1.807) is 18.2 Å². The van der Waals surface area contributed by atoms with E-state index in [0.29, 0.717) is 17.8 Å². The Morgan fingerprint density at radius 1 is 1.03 bits per heavy atom. The number of carbonyl (C=O) groups is 4. The average Bonchev–Trinajstić information content (AvgIpc) is 2.99. The number of amides is 3. The van der Waals surface area contributed by atoms with E-state index in [-0.39, 0.29) is 40.7 Å². The van der Waals surface area contributed by atoms with Crippen molar-refractivity contribution < 1.29 is 24.3 Å². The van der Waals surface area contributed by atoms with Gasteiger partial charge in [-0.15, -0.1) is 0 Å². The molecule has 1 aliphatic carbocycles. The second kappa shape index (κ2) is 7.59. The molecule has 3 amide bonds. The van der Waals surface area contributed by atoms with Gasteiger partial charge >= 0.3 is 5.97 Å². The van der Waals surface area contributed by atoms with Crippen LogP contribution in [0.3, 0.4) is 0 Å². The molecule has 7 nitrogen and oxygen atoms in total. The number of nitrogens with zero attached hydrogens (tertiary/aromatic N) is 1. The van der Waals surface area contributed by atoms with Crippen LogP contribution in [-0.2, 0) is 9.59 Å². The first-order valence-electron chi connectivity index (χ1n) is 9.66. The van der Waals surface area contributed by atoms with Crippen molar-refractivity contribution in [3.05, 3.63) is 71.8 Å². The minimum Gasteiger partial charge on any atom is -0.478 e. The Morgan fingerprint density at radius 3 is 2.43 bits per heavy atom. The molecular weight excluding hydrogens is 384 g/mol. The van der Waals surface area contributed by atoms with Gasteiger partial charge in [-0.1, -0.05) is 25.1 Å². The summed E-state index contributed by atoms with van der Waals surface area (Å²) < 4.78 is 0. The van der Waals surface area contributed by atoms with Crippen molar-refractivity contribution in [2.75, 3.05) is 10.2 Å². The smallest absolute Gasteiger partial charge is 0.335 e. The number of fused-ring (bicyclic) bond motifs is 1. The van der Waals surface area contributed by atoms with Crippen LogP contribution in [0.25, 0.3) is 0 Å². The first-order chi connectivity index (χ1) is 14.4. The predicted octanol–water partition coefficient (Wildman–Crippen LogP) is 3.34. The lowest BCUT2D eigenvalue weighted by Crippen LogP contribution is -2.31. The molecule has 1 aliphatic heterocycles. The normalized spacial score (nSPS) is 22.7. The number of rotatable bonds is 4. The summed E-state index contributed by atoms with van der Waals surface area (Å²) in [6.07, 6.45) is 4.46. The highest BCUT2D eigenvalue weighted by atomic mass is 16.4. The Kier molecular flexibility index (Phi) is 4.95. The van der Waals surface area contributed by atoms with Gasteiger partial charge in [0.05, 0.1) is 23.1 Å². The molecule has 7 heteroatoms. The molecule has 3 atom stereocenters. The molecule has 1 heterocycles. The van der Waals surface area contributed by atoms with Gasteiger partial charge in [-0.2, -0.15) is 0 Å². The van der Waals surface area contributed by atoms with Crippen LogP contribution in [0.1, 0.15) is 34.1 Å². The third kappa shape index (κ3) is 3.39. The first kappa shape index (κ1) is 19.6. The summed E-state index contributed by atoms with van der Waals surface area (Å²) in [6.45, 7) is 1.93. The molecule has 0 saturated carbocycles. The average molecular weight is 404 g/mol. The van der Waals surface area contributed by atoms with Crippen molar-refractivity contribution in [2.24, 2.45) is 17.8 Å². The summed E-state index contributed by atoms with van der Waals surface area (Å²) in [6, 6.07) is 12.2. The van der Waals surface area contributed by atoms with Gasteiger partial charge in [-0.3, -0.25) is 19.3 Å². The summed E-state index contributed by atoms with van der Waals surface area (Å²) >= 11 is 0. The van der Waals surface area contributed by atoms with Gasteiger partial charge in [0, 0.05) is 11.3 Å². The predicted molar refractivity (Wildman–Crippen MR) is 110 cm³/mol. The topological polar surface area (TPSA) is 104 Å². The standard InChI is InChI=1S/C23H20N2O5/c1-13-4-2-7-18-19(13)22(28)25(21(18)27)17-6-3-5-15(12-17)20(26)24-16-10-8-14(9-11-16)23(29)30/h2-6,8-13,18-19H,7H2,1H3,(H,24,26)(H,29,30)/t13-,18+,19+/m1/s1. The highest BCUT2D eigenvalue weighted by Gasteiger charge is 2.50. The molecule has 0 spiro atoms.